The zero-order chi connectivity index (χ0) is 22.4. The molecule has 0 saturated carbocycles. The summed E-state index contributed by atoms with van der Waals surface area (Å²) in [7, 11) is 0. The molecule has 2 heterocycles. The smallest absolute Gasteiger partial charge is 0.318 e. The first-order valence-electron chi connectivity index (χ1n) is 10.7. The molecule has 1 aromatic heterocycles. The molecular weight excluding hydrogens is 414 g/mol. The highest BCUT2D eigenvalue weighted by atomic mass is 32.1. The van der Waals surface area contributed by atoms with Crippen molar-refractivity contribution in [2.75, 3.05) is 19.9 Å². The van der Waals surface area contributed by atoms with E-state index in [2.05, 4.69) is 18.3 Å². The Hall–Kier alpha value is -2.74. The molecule has 1 unspecified atom stereocenters. The summed E-state index contributed by atoms with van der Waals surface area (Å²) in [6, 6.07) is 7.55. The number of hydrogen-bond acceptors (Lipinski definition) is 5. The molecule has 31 heavy (non-hydrogen) atoms. The van der Waals surface area contributed by atoms with Crippen LogP contribution in [0.15, 0.2) is 29.6 Å². The fourth-order valence-electron chi connectivity index (χ4n) is 3.38. The highest BCUT2D eigenvalue weighted by Crippen LogP contribution is 2.33. The number of urea groups is 1. The highest BCUT2D eigenvalue weighted by molar-refractivity contribution is 7.10. The number of nitrogens with zero attached hydrogens (tertiary/aromatic N) is 2. The average molecular weight is 446 g/mol. The van der Waals surface area contributed by atoms with E-state index in [9.17, 15) is 9.59 Å². The van der Waals surface area contributed by atoms with E-state index in [1.165, 1.54) is 0 Å². The number of aryl methyl sites for hydroxylation is 1. The van der Waals surface area contributed by atoms with Crippen molar-refractivity contribution < 1.29 is 19.1 Å². The number of fused-ring (bicyclic) bond motifs is 1. The van der Waals surface area contributed by atoms with E-state index in [0.29, 0.717) is 25.4 Å². The van der Waals surface area contributed by atoms with Gasteiger partial charge in [0.15, 0.2) is 11.5 Å². The van der Waals surface area contributed by atoms with Crippen LogP contribution in [-0.4, -0.2) is 47.7 Å². The number of carbonyl (C=O) groups is 2. The Morgan fingerprint density at radius 2 is 1.94 bits per heavy atom. The lowest BCUT2D eigenvalue weighted by molar-refractivity contribution is -0.133. The van der Waals surface area contributed by atoms with Crippen LogP contribution in [0.2, 0.25) is 0 Å². The second-order valence-corrected chi connectivity index (χ2v) is 8.69. The average Bonchev–Trinajstić information content (AvgIpc) is 3.39. The van der Waals surface area contributed by atoms with Crippen LogP contribution in [0.25, 0.3) is 0 Å². The lowest BCUT2D eigenvalue weighted by Gasteiger charge is -2.31. The van der Waals surface area contributed by atoms with Crippen LogP contribution < -0.4 is 14.8 Å². The largest absolute Gasteiger partial charge is 0.454 e. The van der Waals surface area contributed by atoms with E-state index < -0.39 is 0 Å². The second-order valence-electron chi connectivity index (χ2n) is 7.68. The van der Waals surface area contributed by atoms with Gasteiger partial charge in [-0.15, -0.1) is 11.3 Å². The molecule has 0 fully saturated rings. The summed E-state index contributed by atoms with van der Waals surface area (Å²) in [5.74, 6) is 1.33. The van der Waals surface area contributed by atoms with Crippen molar-refractivity contribution in [3.8, 4) is 11.5 Å². The summed E-state index contributed by atoms with van der Waals surface area (Å²) < 4.78 is 10.9. The van der Waals surface area contributed by atoms with E-state index in [4.69, 9.17) is 9.47 Å². The third-order valence-corrected chi connectivity index (χ3v) is 6.49. The first-order valence-corrected chi connectivity index (χ1v) is 11.5. The Balaban J connectivity index is 1.81. The maximum Gasteiger partial charge on any atom is 0.318 e. The van der Waals surface area contributed by atoms with Crippen LogP contribution in [0.4, 0.5) is 4.79 Å². The molecule has 8 heteroatoms. The number of carbonyl (C=O) groups excluding carboxylic acids is 2. The summed E-state index contributed by atoms with van der Waals surface area (Å²) in [6.45, 7) is 9.61. The van der Waals surface area contributed by atoms with Crippen molar-refractivity contribution in [2.45, 2.75) is 53.2 Å². The number of thiophene rings is 1. The van der Waals surface area contributed by atoms with Crippen molar-refractivity contribution >= 4 is 23.3 Å². The van der Waals surface area contributed by atoms with E-state index in [1.54, 1.807) is 16.2 Å². The summed E-state index contributed by atoms with van der Waals surface area (Å²) in [5, 5.41) is 4.86. The van der Waals surface area contributed by atoms with Gasteiger partial charge in [0.1, 0.15) is 6.54 Å². The zero-order valence-corrected chi connectivity index (χ0v) is 19.5. The topological polar surface area (TPSA) is 71.1 Å². The van der Waals surface area contributed by atoms with Crippen molar-refractivity contribution in [3.63, 3.8) is 0 Å². The monoisotopic (exact) mass is 445 g/mol. The van der Waals surface area contributed by atoms with Gasteiger partial charge in [-0.05, 0) is 61.9 Å². The molecule has 2 aromatic rings. The predicted molar refractivity (Wildman–Crippen MR) is 121 cm³/mol. The zero-order valence-electron chi connectivity index (χ0n) is 18.6. The van der Waals surface area contributed by atoms with Gasteiger partial charge in [-0.1, -0.05) is 13.0 Å². The van der Waals surface area contributed by atoms with Gasteiger partial charge >= 0.3 is 6.03 Å². The number of nitrogens with one attached hydrogen (secondary N) is 1. The summed E-state index contributed by atoms with van der Waals surface area (Å²) in [6.07, 6.45) is 0.774. The van der Waals surface area contributed by atoms with Gasteiger partial charge < -0.3 is 24.6 Å². The third-order valence-electron chi connectivity index (χ3n) is 5.48. The van der Waals surface area contributed by atoms with E-state index in [1.807, 2.05) is 49.3 Å². The molecule has 0 saturated heterocycles. The Labute approximate surface area is 187 Å². The van der Waals surface area contributed by atoms with Crippen molar-refractivity contribution in [1.82, 2.24) is 15.1 Å². The molecular formula is C23H31N3O4S. The van der Waals surface area contributed by atoms with Crippen LogP contribution >= 0.6 is 11.3 Å². The SMILES string of the molecule is CCNC(=O)N(CC(=O)N(Cc1ccc2c(c1)OCO2)Cc1sccc1C)C(C)CC. The molecule has 0 aliphatic carbocycles. The van der Waals surface area contributed by atoms with Crippen molar-refractivity contribution in [1.29, 1.82) is 0 Å². The maximum atomic E-state index is 13.4. The number of hydrogen-bond donors (Lipinski definition) is 1. The fraction of sp³-hybridized carbons (Fsp3) is 0.478. The first kappa shape index (κ1) is 22.9. The van der Waals surface area contributed by atoms with Gasteiger partial charge in [0.25, 0.3) is 0 Å². The van der Waals surface area contributed by atoms with Crippen LogP contribution in [0.1, 0.15) is 43.2 Å². The predicted octanol–water partition coefficient (Wildman–Crippen LogP) is 4.14. The van der Waals surface area contributed by atoms with Gasteiger partial charge in [-0.2, -0.15) is 0 Å². The van der Waals surface area contributed by atoms with Gasteiger partial charge in [0, 0.05) is 24.0 Å². The molecule has 168 valence electrons. The van der Waals surface area contributed by atoms with Crippen LogP contribution in [0.3, 0.4) is 0 Å². The minimum Gasteiger partial charge on any atom is -0.454 e. The van der Waals surface area contributed by atoms with E-state index in [0.717, 1.165) is 28.2 Å². The highest BCUT2D eigenvalue weighted by Gasteiger charge is 2.25. The molecule has 1 aromatic carbocycles. The molecule has 0 bridgehead atoms. The molecule has 3 amide bonds. The van der Waals surface area contributed by atoms with E-state index in [-0.39, 0.29) is 31.3 Å². The molecule has 0 radical (unpaired) electrons. The molecule has 3 rings (SSSR count). The molecule has 1 atom stereocenters. The standard InChI is InChI=1S/C23H31N3O4S/c1-5-17(4)26(23(28)24-6-2)14-22(27)25(13-21-16(3)9-10-31-21)12-18-7-8-19-20(11-18)30-15-29-19/h7-11,17H,5-6,12-15H2,1-4H3,(H,24,28). The Morgan fingerprint density at radius 1 is 1.16 bits per heavy atom. The van der Waals surface area contributed by atoms with Crippen LogP contribution in [0.5, 0.6) is 11.5 Å². The molecule has 7 nitrogen and oxygen atoms in total. The van der Waals surface area contributed by atoms with E-state index >= 15 is 0 Å². The lowest BCUT2D eigenvalue weighted by Crippen LogP contribution is -2.50. The third kappa shape index (κ3) is 5.70. The Bertz CT molecular complexity index is 914. The minimum atomic E-state index is -0.208. The number of ether oxygens (including phenoxy) is 2. The van der Waals surface area contributed by atoms with Crippen molar-refractivity contribution in [3.05, 3.63) is 45.6 Å². The Morgan fingerprint density at radius 3 is 2.61 bits per heavy atom. The number of rotatable bonds is 9. The lowest BCUT2D eigenvalue weighted by atomic mass is 10.1. The number of benzene rings is 1. The maximum absolute atomic E-state index is 13.4. The van der Waals surface area contributed by atoms with Crippen LogP contribution in [-0.2, 0) is 17.9 Å². The summed E-state index contributed by atoms with van der Waals surface area (Å²) in [5.41, 5.74) is 2.12. The van der Waals surface area contributed by atoms with Gasteiger partial charge in [-0.3, -0.25) is 4.79 Å². The van der Waals surface area contributed by atoms with Gasteiger partial charge in [-0.25, -0.2) is 4.79 Å². The normalized spacial score (nSPS) is 13.0. The fourth-order valence-corrected chi connectivity index (χ4v) is 4.30. The van der Waals surface area contributed by atoms with Crippen molar-refractivity contribution in [2.24, 2.45) is 0 Å². The summed E-state index contributed by atoms with van der Waals surface area (Å²) >= 11 is 1.64. The van der Waals surface area contributed by atoms with Gasteiger partial charge in [0.05, 0.1) is 6.54 Å². The number of amides is 3. The molecule has 1 aliphatic heterocycles. The van der Waals surface area contributed by atoms with Gasteiger partial charge in [0.2, 0.25) is 12.7 Å². The second kappa shape index (κ2) is 10.5. The van der Waals surface area contributed by atoms with Crippen LogP contribution in [0, 0.1) is 6.92 Å². The summed E-state index contributed by atoms with van der Waals surface area (Å²) in [4.78, 5) is 30.6. The molecule has 0 spiro atoms. The first-order chi connectivity index (χ1) is 14.9. The quantitative estimate of drug-likeness (QED) is 0.630. The Kier molecular flexibility index (Phi) is 7.79. The molecule has 1 aliphatic rings. The minimum absolute atomic E-state index is 0.0358. The molecule has 1 N–H and O–H groups in total.